The molecule has 2 N–H and O–H groups in total. The smallest absolute Gasteiger partial charge is 0.0491 e. The molecule has 2 nitrogen and oxygen atoms in total. The normalized spacial score (nSPS) is 11.2. The maximum Gasteiger partial charge on any atom is 0.0491 e. The fraction of sp³-hybridized carbons (Fsp3) is 0.429. The molecule has 1 aromatic heterocycles. The average molecular weight is 216 g/mol. The molecule has 2 heteroatoms. The van der Waals surface area contributed by atoms with Crippen LogP contribution in [0.3, 0.4) is 0 Å². The van der Waals surface area contributed by atoms with Crippen LogP contribution in [-0.4, -0.2) is 12.0 Å². The van der Waals surface area contributed by atoms with Crippen molar-refractivity contribution in [3.05, 3.63) is 34.5 Å². The van der Waals surface area contributed by atoms with Gasteiger partial charge in [-0.15, -0.1) is 0 Å². The molecule has 0 fully saturated rings. The molecule has 2 aromatic rings. The predicted octanol–water partition coefficient (Wildman–Crippen LogP) is 3.07. The van der Waals surface area contributed by atoms with E-state index in [0.29, 0.717) is 0 Å². The summed E-state index contributed by atoms with van der Waals surface area (Å²) in [6.07, 6.45) is 1.08. The predicted molar refractivity (Wildman–Crippen MR) is 69.9 cm³/mol. The summed E-state index contributed by atoms with van der Waals surface area (Å²) in [5, 5.41) is 4.65. The number of nitrogens with one attached hydrogen (secondary N) is 2. The Balaban J connectivity index is 2.76. The first kappa shape index (κ1) is 11.2. The minimum atomic E-state index is 0.913. The van der Waals surface area contributed by atoms with E-state index in [1.54, 1.807) is 0 Å². The van der Waals surface area contributed by atoms with Crippen LogP contribution in [0, 0.1) is 13.8 Å². The van der Waals surface area contributed by atoms with Gasteiger partial charge in [-0.3, -0.25) is 0 Å². The number of aromatic amines is 1. The van der Waals surface area contributed by atoms with Gasteiger partial charge in [0, 0.05) is 23.1 Å². The van der Waals surface area contributed by atoms with Crippen LogP contribution in [0.5, 0.6) is 0 Å². The van der Waals surface area contributed by atoms with Gasteiger partial charge < -0.3 is 10.3 Å². The summed E-state index contributed by atoms with van der Waals surface area (Å²) in [6, 6.07) is 4.41. The molecule has 1 heterocycles. The lowest BCUT2D eigenvalue weighted by atomic mass is 10.0. The lowest BCUT2D eigenvalue weighted by Gasteiger charge is -2.03. The number of hydrogen-bond acceptors (Lipinski definition) is 1. The number of H-pyrrole nitrogens is 1. The maximum atomic E-state index is 3.56. The second kappa shape index (κ2) is 4.30. The van der Waals surface area contributed by atoms with Crippen LogP contribution in [0.2, 0.25) is 0 Å². The van der Waals surface area contributed by atoms with Crippen LogP contribution in [-0.2, 0) is 13.0 Å². The third kappa shape index (κ3) is 1.63. The number of aromatic nitrogens is 1. The van der Waals surface area contributed by atoms with Crippen molar-refractivity contribution in [2.75, 3.05) is 7.05 Å². The van der Waals surface area contributed by atoms with E-state index in [0.717, 1.165) is 13.0 Å². The zero-order valence-electron chi connectivity index (χ0n) is 10.6. The largest absolute Gasteiger partial charge is 0.357 e. The highest BCUT2D eigenvalue weighted by atomic mass is 14.9. The molecule has 0 radical (unpaired) electrons. The van der Waals surface area contributed by atoms with Crippen molar-refractivity contribution in [2.24, 2.45) is 0 Å². The number of hydrogen-bond donors (Lipinski definition) is 2. The third-order valence-electron chi connectivity index (χ3n) is 3.27. The SMILES string of the molecule is CCc1c(CNC)[nH]c2c(C)ccc(C)c12. The van der Waals surface area contributed by atoms with Crippen LogP contribution in [0.4, 0.5) is 0 Å². The molecule has 0 saturated carbocycles. The van der Waals surface area contributed by atoms with E-state index >= 15 is 0 Å². The number of benzene rings is 1. The van der Waals surface area contributed by atoms with Gasteiger partial charge in [0.1, 0.15) is 0 Å². The van der Waals surface area contributed by atoms with E-state index in [2.05, 4.69) is 43.2 Å². The molecular formula is C14H20N2. The molecule has 0 amide bonds. The fourth-order valence-electron chi connectivity index (χ4n) is 2.46. The number of rotatable bonds is 3. The van der Waals surface area contributed by atoms with Crippen LogP contribution < -0.4 is 5.32 Å². The van der Waals surface area contributed by atoms with Crippen molar-refractivity contribution in [1.82, 2.24) is 10.3 Å². The fourth-order valence-corrected chi connectivity index (χ4v) is 2.46. The Hall–Kier alpha value is -1.28. The van der Waals surface area contributed by atoms with Crippen molar-refractivity contribution >= 4 is 10.9 Å². The maximum absolute atomic E-state index is 3.56. The highest BCUT2D eigenvalue weighted by Crippen LogP contribution is 2.28. The summed E-state index contributed by atoms with van der Waals surface area (Å²) < 4.78 is 0. The molecule has 0 aliphatic heterocycles. The zero-order valence-corrected chi connectivity index (χ0v) is 10.6. The number of fused-ring (bicyclic) bond motifs is 1. The van der Waals surface area contributed by atoms with Crippen molar-refractivity contribution in [3.63, 3.8) is 0 Å². The second-order valence-electron chi connectivity index (χ2n) is 4.42. The van der Waals surface area contributed by atoms with E-state index in [9.17, 15) is 0 Å². The average Bonchev–Trinajstić information content (AvgIpc) is 2.64. The molecule has 0 aliphatic rings. The molecule has 0 saturated heterocycles. The lowest BCUT2D eigenvalue weighted by molar-refractivity contribution is 0.788. The molecule has 0 aliphatic carbocycles. The minimum absolute atomic E-state index is 0.913. The van der Waals surface area contributed by atoms with Gasteiger partial charge in [0.05, 0.1) is 0 Å². The monoisotopic (exact) mass is 216 g/mol. The molecule has 2 rings (SSSR count). The van der Waals surface area contributed by atoms with Crippen molar-refractivity contribution in [1.29, 1.82) is 0 Å². The van der Waals surface area contributed by atoms with Crippen LogP contribution >= 0.6 is 0 Å². The van der Waals surface area contributed by atoms with Crippen LogP contribution in [0.1, 0.15) is 29.3 Å². The van der Waals surface area contributed by atoms with E-state index < -0.39 is 0 Å². The van der Waals surface area contributed by atoms with Gasteiger partial charge in [0.25, 0.3) is 0 Å². The van der Waals surface area contributed by atoms with Gasteiger partial charge in [-0.05, 0) is 44.0 Å². The Kier molecular flexibility index (Phi) is 3.01. The molecule has 86 valence electrons. The molecule has 0 atom stereocenters. The molecule has 0 spiro atoms. The molecule has 1 aromatic carbocycles. The van der Waals surface area contributed by atoms with Gasteiger partial charge in [-0.1, -0.05) is 19.1 Å². The minimum Gasteiger partial charge on any atom is -0.357 e. The first-order chi connectivity index (χ1) is 7.69. The van der Waals surface area contributed by atoms with Gasteiger partial charge in [0.15, 0.2) is 0 Å². The van der Waals surface area contributed by atoms with Gasteiger partial charge in [-0.25, -0.2) is 0 Å². The number of aryl methyl sites for hydroxylation is 3. The van der Waals surface area contributed by atoms with Crippen molar-refractivity contribution < 1.29 is 0 Å². The summed E-state index contributed by atoms with van der Waals surface area (Å²) >= 11 is 0. The van der Waals surface area contributed by atoms with Crippen LogP contribution in [0.25, 0.3) is 10.9 Å². The lowest BCUT2D eigenvalue weighted by Crippen LogP contribution is -2.07. The summed E-state index contributed by atoms with van der Waals surface area (Å²) in [4.78, 5) is 3.56. The van der Waals surface area contributed by atoms with Crippen molar-refractivity contribution in [2.45, 2.75) is 33.7 Å². The quantitative estimate of drug-likeness (QED) is 0.811. The van der Waals surface area contributed by atoms with Gasteiger partial charge in [-0.2, -0.15) is 0 Å². The summed E-state index contributed by atoms with van der Waals surface area (Å²) in [5.41, 5.74) is 6.80. The summed E-state index contributed by atoms with van der Waals surface area (Å²) in [7, 11) is 1.99. The zero-order chi connectivity index (χ0) is 11.7. The summed E-state index contributed by atoms with van der Waals surface area (Å²) in [6.45, 7) is 7.50. The van der Waals surface area contributed by atoms with Crippen molar-refractivity contribution in [3.8, 4) is 0 Å². The molecule has 16 heavy (non-hydrogen) atoms. The topological polar surface area (TPSA) is 27.8 Å². The van der Waals surface area contributed by atoms with Gasteiger partial charge >= 0.3 is 0 Å². The second-order valence-corrected chi connectivity index (χ2v) is 4.42. The highest BCUT2D eigenvalue weighted by Gasteiger charge is 2.12. The Labute approximate surface area is 97.1 Å². The van der Waals surface area contributed by atoms with Crippen LogP contribution in [0.15, 0.2) is 12.1 Å². The van der Waals surface area contributed by atoms with E-state index in [-0.39, 0.29) is 0 Å². The highest BCUT2D eigenvalue weighted by molar-refractivity contribution is 5.90. The Morgan fingerprint density at radius 3 is 2.50 bits per heavy atom. The first-order valence-electron chi connectivity index (χ1n) is 5.93. The Bertz CT molecular complexity index is 509. The van der Waals surface area contributed by atoms with E-state index in [1.807, 2.05) is 7.05 Å². The molecular weight excluding hydrogens is 196 g/mol. The van der Waals surface area contributed by atoms with Gasteiger partial charge in [0.2, 0.25) is 0 Å². The van der Waals surface area contributed by atoms with E-state index in [4.69, 9.17) is 0 Å². The molecule has 0 bridgehead atoms. The Morgan fingerprint density at radius 2 is 1.88 bits per heavy atom. The third-order valence-corrected chi connectivity index (χ3v) is 3.27. The molecule has 0 unspecified atom stereocenters. The standard InChI is InChI=1S/C14H20N2/c1-5-11-12(8-15-4)16-14-10(3)7-6-9(2)13(11)14/h6-7,15-16H,5,8H2,1-4H3. The van der Waals surface area contributed by atoms with E-state index in [1.165, 1.54) is 33.3 Å². The first-order valence-corrected chi connectivity index (χ1v) is 5.93. The summed E-state index contributed by atoms with van der Waals surface area (Å²) in [5.74, 6) is 0. The Morgan fingerprint density at radius 1 is 1.19 bits per heavy atom.